The zero-order valence-electron chi connectivity index (χ0n) is 10.6. The summed E-state index contributed by atoms with van der Waals surface area (Å²) in [6, 6.07) is 0. The lowest BCUT2D eigenvalue weighted by Gasteiger charge is -2.36. The normalized spacial score (nSPS) is 21.3. The van der Waals surface area contributed by atoms with E-state index in [9.17, 15) is 4.79 Å². The molecule has 2 nitrogen and oxygen atoms in total. The molecule has 0 aromatic carbocycles. The van der Waals surface area contributed by atoms with Crippen molar-refractivity contribution in [1.29, 1.82) is 0 Å². The van der Waals surface area contributed by atoms with Gasteiger partial charge >= 0.3 is 0 Å². The standard InChI is InChI=1S/C13H23ClO2/c1-10(2)8-13(9-16-3,12(14)15)11-6-4-5-7-11/h10-11H,4-9H2,1-3H3. The molecule has 94 valence electrons. The molecule has 1 saturated carbocycles. The van der Waals surface area contributed by atoms with E-state index in [1.807, 2.05) is 0 Å². The third-order valence-corrected chi connectivity index (χ3v) is 4.08. The van der Waals surface area contributed by atoms with E-state index < -0.39 is 5.41 Å². The number of hydrogen-bond donors (Lipinski definition) is 0. The average Bonchev–Trinajstić information content (AvgIpc) is 2.68. The van der Waals surface area contributed by atoms with Crippen molar-refractivity contribution < 1.29 is 9.53 Å². The van der Waals surface area contributed by atoms with Gasteiger partial charge in [-0.25, -0.2) is 0 Å². The number of carbonyl (C=O) groups is 1. The summed E-state index contributed by atoms with van der Waals surface area (Å²) in [5, 5.41) is -0.199. The Balaban J connectivity index is 2.89. The maximum atomic E-state index is 11.9. The minimum atomic E-state index is -0.443. The summed E-state index contributed by atoms with van der Waals surface area (Å²) in [6.07, 6.45) is 5.52. The highest BCUT2D eigenvalue weighted by atomic mass is 35.5. The Hall–Kier alpha value is -0.0800. The fourth-order valence-electron chi connectivity index (χ4n) is 3.11. The van der Waals surface area contributed by atoms with E-state index in [0.717, 1.165) is 19.3 Å². The van der Waals surface area contributed by atoms with Crippen LogP contribution in [0.15, 0.2) is 0 Å². The molecule has 0 heterocycles. The first-order valence-electron chi connectivity index (χ1n) is 6.22. The molecule has 1 aliphatic carbocycles. The second-order valence-corrected chi connectivity index (χ2v) is 5.79. The van der Waals surface area contributed by atoms with Crippen LogP contribution in [0.1, 0.15) is 46.0 Å². The number of rotatable bonds is 6. The molecular formula is C13H23ClO2. The fourth-order valence-corrected chi connectivity index (χ4v) is 3.39. The predicted octanol–water partition coefficient (Wildman–Crippen LogP) is 3.62. The van der Waals surface area contributed by atoms with E-state index in [2.05, 4.69) is 13.8 Å². The number of halogens is 1. The molecule has 0 aromatic heterocycles. The molecule has 1 aliphatic rings. The summed E-state index contributed by atoms with van der Waals surface area (Å²) >= 11 is 5.88. The topological polar surface area (TPSA) is 26.3 Å². The summed E-state index contributed by atoms with van der Waals surface area (Å²) in [7, 11) is 1.66. The predicted molar refractivity (Wildman–Crippen MR) is 66.6 cm³/mol. The average molecular weight is 247 g/mol. The van der Waals surface area contributed by atoms with Gasteiger partial charge in [0, 0.05) is 7.11 Å². The molecule has 0 aliphatic heterocycles. The molecule has 0 bridgehead atoms. The van der Waals surface area contributed by atoms with Gasteiger partial charge in [0.15, 0.2) is 0 Å². The van der Waals surface area contributed by atoms with E-state index in [-0.39, 0.29) is 5.24 Å². The van der Waals surface area contributed by atoms with Gasteiger partial charge < -0.3 is 4.74 Å². The molecule has 0 N–H and O–H groups in total. The Kier molecular flexibility index (Phi) is 5.26. The van der Waals surface area contributed by atoms with Crippen molar-refractivity contribution in [3.05, 3.63) is 0 Å². The Morgan fingerprint density at radius 1 is 1.44 bits per heavy atom. The van der Waals surface area contributed by atoms with Crippen molar-refractivity contribution in [3.63, 3.8) is 0 Å². The first-order chi connectivity index (χ1) is 7.53. The van der Waals surface area contributed by atoms with Gasteiger partial charge in [-0.3, -0.25) is 4.79 Å². The zero-order chi connectivity index (χ0) is 12.2. The van der Waals surface area contributed by atoms with Gasteiger partial charge in [0.05, 0.1) is 12.0 Å². The van der Waals surface area contributed by atoms with Gasteiger partial charge in [0.2, 0.25) is 5.24 Å². The van der Waals surface area contributed by atoms with Crippen LogP contribution in [0.4, 0.5) is 0 Å². The second-order valence-electron chi connectivity index (χ2n) is 5.44. The van der Waals surface area contributed by atoms with Crippen LogP contribution in [-0.4, -0.2) is 19.0 Å². The molecule has 0 radical (unpaired) electrons. The molecule has 16 heavy (non-hydrogen) atoms. The Morgan fingerprint density at radius 2 is 2.00 bits per heavy atom. The first kappa shape index (κ1) is 14.0. The van der Waals surface area contributed by atoms with Gasteiger partial charge in [-0.05, 0) is 42.7 Å². The molecule has 0 saturated heterocycles. The second kappa shape index (κ2) is 6.02. The van der Waals surface area contributed by atoms with Crippen molar-refractivity contribution in [1.82, 2.24) is 0 Å². The number of methoxy groups -OCH3 is 1. The minimum Gasteiger partial charge on any atom is -0.384 e. The van der Waals surface area contributed by atoms with Crippen LogP contribution in [0.5, 0.6) is 0 Å². The minimum absolute atomic E-state index is 0.199. The maximum absolute atomic E-state index is 11.9. The summed E-state index contributed by atoms with van der Waals surface area (Å²) in [6.45, 7) is 4.75. The lowest BCUT2D eigenvalue weighted by molar-refractivity contribution is -0.129. The van der Waals surface area contributed by atoms with E-state index >= 15 is 0 Å². The smallest absolute Gasteiger partial charge is 0.230 e. The number of carbonyl (C=O) groups excluding carboxylic acids is 1. The summed E-state index contributed by atoms with van der Waals surface area (Å²) in [4.78, 5) is 11.9. The van der Waals surface area contributed by atoms with Gasteiger partial charge in [0.1, 0.15) is 0 Å². The Labute approximate surface area is 104 Å². The van der Waals surface area contributed by atoms with Crippen LogP contribution in [0.2, 0.25) is 0 Å². The van der Waals surface area contributed by atoms with E-state index in [4.69, 9.17) is 16.3 Å². The van der Waals surface area contributed by atoms with E-state index in [1.165, 1.54) is 12.8 Å². The maximum Gasteiger partial charge on any atom is 0.230 e. The van der Waals surface area contributed by atoms with E-state index in [0.29, 0.717) is 18.4 Å². The van der Waals surface area contributed by atoms with Gasteiger partial charge in [-0.15, -0.1) is 0 Å². The lowest BCUT2D eigenvalue weighted by atomic mass is 9.70. The SMILES string of the molecule is COCC(CC(C)C)(C(=O)Cl)C1CCCC1. The van der Waals surface area contributed by atoms with Crippen LogP contribution in [-0.2, 0) is 9.53 Å². The monoisotopic (exact) mass is 246 g/mol. The van der Waals surface area contributed by atoms with Crippen molar-refractivity contribution in [2.45, 2.75) is 46.0 Å². The fraction of sp³-hybridized carbons (Fsp3) is 0.923. The molecule has 0 amide bonds. The number of ether oxygens (including phenoxy) is 1. The van der Waals surface area contributed by atoms with Crippen molar-refractivity contribution in [2.24, 2.45) is 17.3 Å². The number of hydrogen-bond acceptors (Lipinski definition) is 2. The molecule has 3 heteroatoms. The van der Waals surface area contributed by atoms with Crippen LogP contribution in [0, 0.1) is 17.3 Å². The van der Waals surface area contributed by atoms with Crippen LogP contribution in [0.25, 0.3) is 0 Å². The Bertz CT molecular complexity index is 234. The summed E-state index contributed by atoms with van der Waals surface area (Å²) in [5.41, 5.74) is -0.443. The molecule has 1 unspecified atom stereocenters. The van der Waals surface area contributed by atoms with Gasteiger partial charge in [-0.1, -0.05) is 26.7 Å². The summed E-state index contributed by atoms with van der Waals surface area (Å²) < 4.78 is 5.28. The molecule has 1 atom stereocenters. The van der Waals surface area contributed by atoms with Crippen LogP contribution in [0.3, 0.4) is 0 Å². The van der Waals surface area contributed by atoms with Crippen LogP contribution >= 0.6 is 11.6 Å². The van der Waals surface area contributed by atoms with Crippen molar-refractivity contribution >= 4 is 16.8 Å². The first-order valence-corrected chi connectivity index (χ1v) is 6.59. The lowest BCUT2D eigenvalue weighted by Crippen LogP contribution is -2.40. The largest absolute Gasteiger partial charge is 0.384 e. The summed E-state index contributed by atoms with van der Waals surface area (Å²) in [5.74, 6) is 0.887. The van der Waals surface area contributed by atoms with Crippen LogP contribution < -0.4 is 0 Å². The van der Waals surface area contributed by atoms with Crippen molar-refractivity contribution in [3.8, 4) is 0 Å². The highest BCUT2D eigenvalue weighted by Gasteiger charge is 2.45. The van der Waals surface area contributed by atoms with Gasteiger partial charge in [0.25, 0.3) is 0 Å². The van der Waals surface area contributed by atoms with Gasteiger partial charge in [-0.2, -0.15) is 0 Å². The molecule has 0 aromatic rings. The third kappa shape index (κ3) is 2.98. The molecule has 1 rings (SSSR count). The molecule has 0 spiro atoms. The molecular weight excluding hydrogens is 224 g/mol. The molecule has 1 fully saturated rings. The quantitative estimate of drug-likeness (QED) is 0.669. The third-order valence-electron chi connectivity index (χ3n) is 3.70. The highest BCUT2D eigenvalue weighted by Crippen LogP contribution is 2.45. The van der Waals surface area contributed by atoms with Crippen molar-refractivity contribution in [2.75, 3.05) is 13.7 Å². The zero-order valence-corrected chi connectivity index (χ0v) is 11.3. The highest BCUT2D eigenvalue weighted by molar-refractivity contribution is 6.64. The van der Waals surface area contributed by atoms with E-state index in [1.54, 1.807) is 7.11 Å². The Morgan fingerprint density at radius 3 is 2.38 bits per heavy atom.